The Morgan fingerprint density at radius 2 is 2.22 bits per heavy atom. The second kappa shape index (κ2) is 7.81. The number of amides is 1. The number of hydrogen-bond acceptors (Lipinski definition) is 5. The smallest absolute Gasteiger partial charge is 0.292 e. The summed E-state index contributed by atoms with van der Waals surface area (Å²) in [5.74, 6) is 0.887. The van der Waals surface area contributed by atoms with Gasteiger partial charge in [-0.3, -0.25) is 4.79 Å². The summed E-state index contributed by atoms with van der Waals surface area (Å²) in [6.07, 6.45) is 5.00. The van der Waals surface area contributed by atoms with Gasteiger partial charge in [-0.25, -0.2) is 0 Å². The first-order valence-electron chi connectivity index (χ1n) is 6.46. The molecule has 3 N–H and O–H groups in total. The van der Waals surface area contributed by atoms with E-state index in [0.29, 0.717) is 24.8 Å². The van der Waals surface area contributed by atoms with E-state index >= 15 is 0 Å². The van der Waals surface area contributed by atoms with Crippen LogP contribution >= 0.6 is 0 Å². The zero-order valence-electron chi connectivity index (χ0n) is 11.1. The van der Waals surface area contributed by atoms with Gasteiger partial charge >= 0.3 is 0 Å². The first-order chi connectivity index (χ1) is 8.71. The third-order valence-corrected chi connectivity index (χ3v) is 2.94. The van der Waals surface area contributed by atoms with Gasteiger partial charge in [-0.05, 0) is 25.3 Å². The lowest BCUT2D eigenvalue weighted by molar-refractivity contribution is 0.0950. The first-order valence-corrected chi connectivity index (χ1v) is 6.46. The molecule has 1 heterocycles. The molecule has 18 heavy (non-hydrogen) atoms. The molecule has 0 aromatic carbocycles. The number of nitrogens with two attached hydrogens (primary N) is 1. The van der Waals surface area contributed by atoms with E-state index in [9.17, 15) is 4.79 Å². The quantitative estimate of drug-likeness (QED) is 0.725. The summed E-state index contributed by atoms with van der Waals surface area (Å²) < 4.78 is 5.04. The molecule has 1 rings (SSSR count). The topological polar surface area (TPSA) is 94.0 Å². The Bertz CT molecular complexity index is 359. The fourth-order valence-electron chi connectivity index (χ4n) is 1.97. The van der Waals surface area contributed by atoms with Crippen molar-refractivity contribution in [2.45, 2.75) is 39.0 Å². The fourth-order valence-corrected chi connectivity index (χ4v) is 1.97. The number of carbonyl (C=O) groups is 1. The number of rotatable bonds is 8. The molecule has 0 bridgehead atoms. The van der Waals surface area contributed by atoms with E-state index in [1.165, 1.54) is 7.05 Å². The van der Waals surface area contributed by atoms with Gasteiger partial charge in [-0.15, -0.1) is 0 Å². The zero-order valence-corrected chi connectivity index (χ0v) is 11.1. The Morgan fingerprint density at radius 3 is 2.83 bits per heavy atom. The highest BCUT2D eigenvalue weighted by Gasteiger charge is 2.14. The number of carbonyl (C=O) groups excluding carboxylic acids is 1. The fraction of sp³-hybridized carbons (Fsp3) is 0.750. The number of nitrogens with one attached hydrogen (secondary N) is 1. The second-order valence-electron chi connectivity index (χ2n) is 4.36. The summed E-state index contributed by atoms with van der Waals surface area (Å²) in [5.41, 5.74) is 5.59. The van der Waals surface area contributed by atoms with Crippen LogP contribution in [0.1, 0.15) is 49.1 Å². The Kier molecular flexibility index (Phi) is 6.35. The molecule has 1 unspecified atom stereocenters. The molecule has 102 valence electrons. The van der Waals surface area contributed by atoms with Crippen LogP contribution < -0.4 is 11.1 Å². The standard InChI is InChI=1S/C12H22N4O2/c1-3-4-9(7-8-13)5-6-10-15-11(16-18-10)12(17)14-2/h9H,3-8,13H2,1-2H3,(H,14,17). The first kappa shape index (κ1) is 14.6. The van der Waals surface area contributed by atoms with E-state index in [4.69, 9.17) is 10.3 Å². The Morgan fingerprint density at radius 1 is 1.44 bits per heavy atom. The molecule has 1 amide bonds. The number of aryl methyl sites for hydroxylation is 1. The van der Waals surface area contributed by atoms with Gasteiger partial charge in [-0.2, -0.15) is 4.98 Å². The van der Waals surface area contributed by atoms with Crippen molar-refractivity contribution in [2.75, 3.05) is 13.6 Å². The molecule has 0 fully saturated rings. The molecule has 0 spiro atoms. The van der Waals surface area contributed by atoms with Crippen molar-refractivity contribution in [1.82, 2.24) is 15.5 Å². The lowest BCUT2D eigenvalue weighted by atomic mass is 9.94. The van der Waals surface area contributed by atoms with Crippen molar-refractivity contribution >= 4 is 5.91 Å². The Hall–Kier alpha value is -1.43. The zero-order chi connectivity index (χ0) is 13.4. The average Bonchev–Trinajstić information content (AvgIpc) is 2.84. The molecule has 0 radical (unpaired) electrons. The molecule has 1 aromatic rings. The van der Waals surface area contributed by atoms with Crippen LogP contribution in [0.15, 0.2) is 4.52 Å². The molecule has 6 heteroatoms. The maximum Gasteiger partial charge on any atom is 0.292 e. The third-order valence-electron chi connectivity index (χ3n) is 2.94. The second-order valence-corrected chi connectivity index (χ2v) is 4.36. The third kappa shape index (κ3) is 4.44. The monoisotopic (exact) mass is 254 g/mol. The predicted molar refractivity (Wildman–Crippen MR) is 68.1 cm³/mol. The summed E-state index contributed by atoms with van der Waals surface area (Å²) in [4.78, 5) is 15.3. The summed E-state index contributed by atoms with van der Waals surface area (Å²) in [7, 11) is 1.54. The molecule has 1 aromatic heterocycles. The predicted octanol–water partition coefficient (Wildman–Crippen LogP) is 1.13. The van der Waals surface area contributed by atoms with E-state index in [0.717, 1.165) is 25.7 Å². The van der Waals surface area contributed by atoms with E-state index in [2.05, 4.69) is 22.4 Å². The minimum atomic E-state index is -0.322. The lowest BCUT2D eigenvalue weighted by Crippen LogP contribution is -2.19. The van der Waals surface area contributed by atoms with Gasteiger partial charge in [0.25, 0.3) is 11.7 Å². The lowest BCUT2D eigenvalue weighted by Gasteiger charge is -2.13. The van der Waals surface area contributed by atoms with Crippen LogP contribution in [0.3, 0.4) is 0 Å². The van der Waals surface area contributed by atoms with E-state index in [-0.39, 0.29) is 11.7 Å². The van der Waals surface area contributed by atoms with Crippen molar-refractivity contribution in [3.8, 4) is 0 Å². The van der Waals surface area contributed by atoms with Gasteiger partial charge in [0.1, 0.15) is 0 Å². The van der Waals surface area contributed by atoms with E-state index in [1.54, 1.807) is 0 Å². The molecular formula is C12H22N4O2. The number of nitrogens with zero attached hydrogens (tertiary/aromatic N) is 2. The summed E-state index contributed by atoms with van der Waals surface area (Å²) in [6, 6.07) is 0. The van der Waals surface area contributed by atoms with Crippen molar-refractivity contribution in [2.24, 2.45) is 11.7 Å². The van der Waals surface area contributed by atoms with Gasteiger partial charge in [0.2, 0.25) is 5.89 Å². The van der Waals surface area contributed by atoms with Crippen molar-refractivity contribution in [1.29, 1.82) is 0 Å². The van der Waals surface area contributed by atoms with Gasteiger partial charge in [0.05, 0.1) is 0 Å². The minimum Gasteiger partial charge on any atom is -0.352 e. The molecule has 0 aliphatic rings. The highest BCUT2D eigenvalue weighted by atomic mass is 16.5. The molecular weight excluding hydrogens is 232 g/mol. The highest BCUT2D eigenvalue weighted by molar-refractivity contribution is 5.89. The molecule has 6 nitrogen and oxygen atoms in total. The van der Waals surface area contributed by atoms with Crippen LogP contribution in [0.2, 0.25) is 0 Å². The van der Waals surface area contributed by atoms with E-state index in [1.807, 2.05) is 0 Å². The van der Waals surface area contributed by atoms with Crippen LogP contribution in [-0.4, -0.2) is 29.6 Å². The van der Waals surface area contributed by atoms with Crippen molar-refractivity contribution in [3.05, 3.63) is 11.7 Å². The van der Waals surface area contributed by atoms with Gasteiger partial charge in [0, 0.05) is 13.5 Å². The normalized spacial score (nSPS) is 12.4. The summed E-state index contributed by atoms with van der Waals surface area (Å²) in [5, 5.41) is 6.09. The molecule has 0 aliphatic heterocycles. The van der Waals surface area contributed by atoms with Crippen molar-refractivity contribution < 1.29 is 9.32 Å². The molecule has 0 saturated carbocycles. The Labute approximate surface area is 107 Å². The number of hydrogen-bond donors (Lipinski definition) is 2. The minimum absolute atomic E-state index is 0.0957. The van der Waals surface area contributed by atoms with Crippen LogP contribution in [0.4, 0.5) is 0 Å². The van der Waals surface area contributed by atoms with Crippen LogP contribution in [0.25, 0.3) is 0 Å². The van der Waals surface area contributed by atoms with Gasteiger partial charge < -0.3 is 15.6 Å². The highest BCUT2D eigenvalue weighted by Crippen LogP contribution is 2.17. The maximum atomic E-state index is 11.3. The molecule has 0 aliphatic carbocycles. The average molecular weight is 254 g/mol. The van der Waals surface area contributed by atoms with Gasteiger partial charge in [-0.1, -0.05) is 24.9 Å². The Balaban J connectivity index is 2.46. The number of aromatic nitrogens is 2. The van der Waals surface area contributed by atoms with Crippen LogP contribution in [-0.2, 0) is 6.42 Å². The van der Waals surface area contributed by atoms with Crippen molar-refractivity contribution in [3.63, 3.8) is 0 Å². The maximum absolute atomic E-state index is 11.3. The van der Waals surface area contributed by atoms with Gasteiger partial charge in [0.15, 0.2) is 0 Å². The van der Waals surface area contributed by atoms with Crippen LogP contribution in [0.5, 0.6) is 0 Å². The molecule has 1 atom stereocenters. The largest absolute Gasteiger partial charge is 0.352 e. The van der Waals surface area contributed by atoms with E-state index < -0.39 is 0 Å². The SMILES string of the molecule is CCCC(CCN)CCc1nc(C(=O)NC)no1. The summed E-state index contributed by atoms with van der Waals surface area (Å²) >= 11 is 0. The summed E-state index contributed by atoms with van der Waals surface area (Å²) in [6.45, 7) is 2.87. The molecule has 0 saturated heterocycles. The van der Waals surface area contributed by atoms with Crippen LogP contribution in [0, 0.1) is 5.92 Å².